The Morgan fingerprint density at radius 1 is 1.33 bits per heavy atom. The van der Waals surface area contributed by atoms with Gasteiger partial charge in [0.2, 0.25) is 0 Å². The highest BCUT2D eigenvalue weighted by atomic mass is 16.5. The molecule has 1 aliphatic heterocycles. The number of carboxylic acid groups (broad SMARTS) is 1. The fourth-order valence-corrected chi connectivity index (χ4v) is 2.69. The summed E-state index contributed by atoms with van der Waals surface area (Å²) in [6.07, 6.45) is 0. The van der Waals surface area contributed by atoms with E-state index in [9.17, 15) is 9.90 Å². The zero-order chi connectivity index (χ0) is 15.2. The van der Waals surface area contributed by atoms with E-state index in [2.05, 4.69) is 4.90 Å². The first kappa shape index (κ1) is 15.8. The van der Waals surface area contributed by atoms with Gasteiger partial charge in [-0.25, -0.2) is 0 Å². The molecule has 1 saturated heterocycles. The average molecular weight is 293 g/mol. The summed E-state index contributed by atoms with van der Waals surface area (Å²) in [5.41, 5.74) is 1.15. The van der Waals surface area contributed by atoms with E-state index < -0.39 is 11.9 Å². The third-order valence-corrected chi connectivity index (χ3v) is 3.86. The molecule has 2 unspecified atom stereocenters. The van der Waals surface area contributed by atoms with Gasteiger partial charge in [-0.15, -0.1) is 0 Å². The smallest absolute Gasteiger partial charge is 0.310 e. The van der Waals surface area contributed by atoms with Crippen LogP contribution in [0.4, 0.5) is 0 Å². The Morgan fingerprint density at radius 2 is 2.05 bits per heavy atom. The monoisotopic (exact) mass is 293 g/mol. The molecule has 0 radical (unpaired) electrons. The van der Waals surface area contributed by atoms with Crippen LogP contribution < -0.4 is 4.74 Å². The van der Waals surface area contributed by atoms with Crippen LogP contribution in [-0.4, -0.2) is 48.4 Å². The van der Waals surface area contributed by atoms with Crippen molar-refractivity contribution in [2.24, 2.45) is 5.92 Å². The van der Waals surface area contributed by atoms with E-state index in [-0.39, 0.29) is 6.04 Å². The minimum absolute atomic E-state index is 0.0564. The number of carbonyl (C=O) groups is 1. The molecule has 1 aromatic carbocycles. The van der Waals surface area contributed by atoms with Crippen LogP contribution in [0.1, 0.15) is 19.4 Å². The van der Waals surface area contributed by atoms with Gasteiger partial charge in [0.15, 0.2) is 0 Å². The number of aliphatic carboxylic acids is 1. The number of ether oxygens (including phenoxy) is 2. The third kappa shape index (κ3) is 3.95. The lowest BCUT2D eigenvalue weighted by Crippen LogP contribution is -2.42. The molecule has 0 spiro atoms. The number of hydrogen-bond donors (Lipinski definition) is 1. The molecule has 2 atom stereocenters. The Morgan fingerprint density at radius 3 is 2.62 bits per heavy atom. The van der Waals surface area contributed by atoms with E-state index in [4.69, 9.17) is 9.47 Å². The SMILES string of the molecule is CCOc1ccc(CN(CC)C2COCC2C(=O)O)cc1. The Balaban J connectivity index is 2.03. The van der Waals surface area contributed by atoms with Gasteiger partial charge in [-0.05, 0) is 31.2 Å². The lowest BCUT2D eigenvalue weighted by atomic mass is 10.0. The van der Waals surface area contributed by atoms with Crippen molar-refractivity contribution in [1.82, 2.24) is 4.90 Å². The van der Waals surface area contributed by atoms with Gasteiger partial charge in [-0.1, -0.05) is 19.1 Å². The van der Waals surface area contributed by atoms with Gasteiger partial charge in [-0.3, -0.25) is 9.69 Å². The van der Waals surface area contributed by atoms with Gasteiger partial charge in [0.05, 0.1) is 25.7 Å². The fourth-order valence-electron chi connectivity index (χ4n) is 2.69. The second-order valence-corrected chi connectivity index (χ2v) is 5.19. The van der Waals surface area contributed by atoms with E-state index in [1.54, 1.807) is 0 Å². The minimum Gasteiger partial charge on any atom is -0.494 e. The zero-order valence-electron chi connectivity index (χ0n) is 12.6. The predicted octanol–water partition coefficient (Wildman–Crippen LogP) is 2.01. The van der Waals surface area contributed by atoms with Crippen molar-refractivity contribution in [3.05, 3.63) is 29.8 Å². The quantitative estimate of drug-likeness (QED) is 0.833. The molecule has 5 nitrogen and oxygen atoms in total. The standard InChI is InChI=1S/C16H23NO4/c1-3-17(15-11-20-10-14(15)16(18)19)9-12-5-7-13(8-6-12)21-4-2/h5-8,14-15H,3-4,9-11H2,1-2H3,(H,18,19). The molecule has 1 heterocycles. The summed E-state index contributed by atoms with van der Waals surface area (Å²) in [5.74, 6) is -0.354. The van der Waals surface area contributed by atoms with Crippen LogP contribution >= 0.6 is 0 Å². The molecule has 1 N–H and O–H groups in total. The molecule has 2 rings (SSSR count). The molecule has 1 aromatic rings. The molecule has 1 fully saturated rings. The molecule has 0 aliphatic carbocycles. The van der Waals surface area contributed by atoms with E-state index in [1.165, 1.54) is 0 Å². The van der Waals surface area contributed by atoms with E-state index in [1.807, 2.05) is 38.1 Å². The minimum atomic E-state index is -0.775. The summed E-state index contributed by atoms with van der Waals surface area (Å²) in [6.45, 7) is 6.97. The van der Waals surface area contributed by atoms with Crippen molar-refractivity contribution in [2.45, 2.75) is 26.4 Å². The highest BCUT2D eigenvalue weighted by molar-refractivity contribution is 5.71. The van der Waals surface area contributed by atoms with Gasteiger partial charge in [0.1, 0.15) is 5.75 Å². The molecule has 0 bridgehead atoms. The molecular weight excluding hydrogens is 270 g/mol. The van der Waals surface area contributed by atoms with Gasteiger partial charge in [-0.2, -0.15) is 0 Å². The lowest BCUT2D eigenvalue weighted by molar-refractivity contribution is -0.143. The largest absolute Gasteiger partial charge is 0.494 e. The van der Waals surface area contributed by atoms with Crippen LogP contribution in [0.15, 0.2) is 24.3 Å². The van der Waals surface area contributed by atoms with Crippen molar-refractivity contribution in [3.8, 4) is 5.75 Å². The maximum absolute atomic E-state index is 11.3. The molecule has 0 aromatic heterocycles. The fraction of sp³-hybridized carbons (Fsp3) is 0.562. The van der Waals surface area contributed by atoms with Crippen LogP contribution in [0, 0.1) is 5.92 Å². The maximum Gasteiger partial charge on any atom is 0.310 e. The molecule has 5 heteroatoms. The molecule has 0 saturated carbocycles. The molecular formula is C16H23NO4. The highest BCUT2D eigenvalue weighted by Crippen LogP contribution is 2.22. The number of nitrogens with zero attached hydrogens (tertiary/aromatic N) is 1. The van der Waals surface area contributed by atoms with Crippen molar-refractivity contribution in [2.75, 3.05) is 26.4 Å². The molecule has 1 aliphatic rings. The number of benzene rings is 1. The number of rotatable bonds is 7. The summed E-state index contributed by atoms with van der Waals surface area (Å²) in [5, 5.41) is 9.27. The molecule has 0 amide bonds. The highest BCUT2D eigenvalue weighted by Gasteiger charge is 2.37. The lowest BCUT2D eigenvalue weighted by Gasteiger charge is -2.29. The van der Waals surface area contributed by atoms with E-state index >= 15 is 0 Å². The summed E-state index contributed by atoms with van der Waals surface area (Å²) in [4.78, 5) is 13.4. The van der Waals surface area contributed by atoms with Crippen LogP contribution in [0.25, 0.3) is 0 Å². The van der Waals surface area contributed by atoms with Gasteiger partial charge >= 0.3 is 5.97 Å². The Labute approximate surface area is 125 Å². The van der Waals surface area contributed by atoms with Crippen molar-refractivity contribution >= 4 is 5.97 Å². The Kier molecular flexibility index (Phi) is 5.59. The summed E-state index contributed by atoms with van der Waals surface area (Å²) in [7, 11) is 0. The predicted molar refractivity (Wildman–Crippen MR) is 79.4 cm³/mol. The second kappa shape index (κ2) is 7.43. The topological polar surface area (TPSA) is 59.0 Å². The Hall–Kier alpha value is -1.59. The first-order valence-corrected chi connectivity index (χ1v) is 7.42. The molecule has 21 heavy (non-hydrogen) atoms. The van der Waals surface area contributed by atoms with Gasteiger partial charge in [0, 0.05) is 12.6 Å². The van der Waals surface area contributed by atoms with Crippen molar-refractivity contribution in [3.63, 3.8) is 0 Å². The van der Waals surface area contributed by atoms with Gasteiger partial charge in [0.25, 0.3) is 0 Å². The average Bonchev–Trinajstić information content (AvgIpc) is 2.96. The van der Waals surface area contributed by atoms with Crippen LogP contribution in [0.3, 0.4) is 0 Å². The second-order valence-electron chi connectivity index (χ2n) is 5.19. The Bertz CT molecular complexity index is 460. The molecule has 116 valence electrons. The van der Waals surface area contributed by atoms with E-state index in [0.29, 0.717) is 19.8 Å². The number of hydrogen-bond acceptors (Lipinski definition) is 4. The van der Waals surface area contributed by atoms with Crippen molar-refractivity contribution < 1.29 is 19.4 Å². The first-order valence-electron chi connectivity index (χ1n) is 7.42. The van der Waals surface area contributed by atoms with Crippen LogP contribution in [0.2, 0.25) is 0 Å². The zero-order valence-corrected chi connectivity index (χ0v) is 12.6. The summed E-state index contributed by atoms with van der Waals surface area (Å²) in [6, 6.07) is 7.90. The normalized spacial score (nSPS) is 21.7. The maximum atomic E-state index is 11.3. The third-order valence-electron chi connectivity index (χ3n) is 3.86. The first-order chi connectivity index (χ1) is 10.2. The van der Waals surface area contributed by atoms with Gasteiger partial charge < -0.3 is 14.6 Å². The summed E-state index contributed by atoms with van der Waals surface area (Å²) >= 11 is 0. The number of likely N-dealkylation sites (N-methyl/N-ethyl adjacent to an activating group) is 1. The van der Waals surface area contributed by atoms with Crippen molar-refractivity contribution in [1.29, 1.82) is 0 Å². The number of carboxylic acids is 1. The van der Waals surface area contributed by atoms with Crippen LogP contribution in [-0.2, 0) is 16.1 Å². The van der Waals surface area contributed by atoms with Crippen LogP contribution in [0.5, 0.6) is 5.75 Å². The van der Waals surface area contributed by atoms with E-state index in [0.717, 1.165) is 24.4 Å². The summed E-state index contributed by atoms with van der Waals surface area (Å²) < 4.78 is 10.8.